The summed E-state index contributed by atoms with van der Waals surface area (Å²) in [7, 11) is 0. The number of hydrogen-bond donors (Lipinski definition) is 1. The molecule has 0 atom stereocenters. The van der Waals surface area contributed by atoms with Gasteiger partial charge in [-0.1, -0.05) is 17.7 Å². The lowest BCUT2D eigenvalue weighted by atomic mass is 10.0. The number of anilines is 2. The molecule has 0 radical (unpaired) electrons. The standard InChI is InChI=1S/C16H17BrClN3/c17-14-5-4-12(18)11-15(14)20-13-6-9-21(10-7-13)16-3-1-2-8-19-16/h1-5,8,11,13,20H,6-7,9-10H2. The van der Waals surface area contributed by atoms with Gasteiger partial charge in [-0.3, -0.25) is 0 Å². The second-order valence-electron chi connectivity index (χ2n) is 5.22. The van der Waals surface area contributed by atoms with Gasteiger partial charge in [0.25, 0.3) is 0 Å². The normalized spacial score (nSPS) is 16.0. The SMILES string of the molecule is Clc1ccc(Br)c(NC2CCN(c3ccccn3)CC2)c1. The van der Waals surface area contributed by atoms with Crippen LogP contribution in [0.15, 0.2) is 47.1 Å². The second-order valence-corrected chi connectivity index (χ2v) is 6.51. The fourth-order valence-corrected chi connectivity index (χ4v) is 3.15. The van der Waals surface area contributed by atoms with Crippen molar-refractivity contribution in [1.82, 2.24) is 4.98 Å². The number of piperidine rings is 1. The lowest BCUT2D eigenvalue weighted by Crippen LogP contribution is -2.39. The summed E-state index contributed by atoms with van der Waals surface area (Å²) in [6, 6.07) is 12.4. The molecule has 0 bridgehead atoms. The van der Waals surface area contributed by atoms with Crippen molar-refractivity contribution in [3.8, 4) is 0 Å². The molecule has 0 aliphatic carbocycles. The number of pyridine rings is 1. The van der Waals surface area contributed by atoms with E-state index in [2.05, 4.69) is 37.2 Å². The molecule has 2 aromatic rings. The van der Waals surface area contributed by atoms with E-state index in [0.717, 1.165) is 46.9 Å². The number of nitrogens with one attached hydrogen (secondary N) is 1. The summed E-state index contributed by atoms with van der Waals surface area (Å²) in [5.41, 5.74) is 1.07. The van der Waals surface area contributed by atoms with Gasteiger partial charge in [0.05, 0.1) is 5.69 Å². The van der Waals surface area contributed by atoms with Gasteiger partial charge >= 0.3 is 0 Å². The Labute approximate surface area is 138 Å². The van der Waals surface area contributed by atoms with Crippen molar-refractivity contribution in [1.29, 1.82) is 0 Å². The molecule has 1 aromatic heterocycles. The Balaban J connectivity index is 1.60. The molecule has 1 aromatic carbocycles. The summed E-state index contributed by atoms with van der Waals surface area (Å²) in [5.74, 6) is 1.07. The first kappa shape index (κ1) is 14.7. The monoisotopic (exact) mass is 365 g/mol. The van der Waals surface area contributed by atoms with Crippen LogP contribution in [0.5, 0.6) is 0 Å². The van der Waals surface area contributed by atoms with Crippen molar-refractivity contribution in [2.24, 2.45) is 0 Å². The summed E-state index contributed by atoms with van der Waals surface area (Å²) in [5, 5.41) is 4.34. The Bertz CT molecular complexity index is 598. The molecule has 0 saturated carbocycles. The first-order chi connectivity index (χ1) is 10.2. The predicted molar refractivity (Wildman–Crippen MR) is 92.2 cm³/mol. The average Bonchev–Trinajstić information content (AvgIpc) is 2.53. The minimum absolute atomic E-state index is 0.472. The van der Waals surface area contributed by atoms with Gasteiger partial charge in [-0.25, -0.2) is 4.98 Å². The molecule has 1 N–H and O–H groups in total. The Kier molecular flexibility index (Phi) is 4.66. The highest BCUT2D eigenvalue weighted by Crippen LogP contribution is 2.28. The number of rotatable bonds is 3. The first-order valence-corrected chi connectivity index (χ1v) is 8.27. The van der Waals surface area contributed by atoms with E-state index < -0.39 is 0 Å². The van der Waals surface area contributed by atoms with Crippen molar-refractivity contribution in [2.75, 3.05) is 23.3 Å². The molecule has 110 valence electrons. The van der Waals surface area contributed by atoms with Crippen LogP contribution in [0.2, 0.25) is 5.02 Å². The van der Waals surface area contributed by atoms with E-state index in [9.17, 15) is 0 Å². The smallest absolute Gasteiger partial charge is 0.128 e. The molecule has 0 spiro atoms. The van der Waals surface area contributed by atoms with Gasteiger partial charge in [-0.05, 0) is 59.1 Å². The van der Waals surface area contributed by atoms with E-state index in [4.69, 9.17) is 11.6 Å². The Morgan fingerprint density at radius 3 is 2.71 bits per heavy atom. The fraction of sp³-hybridized carbons (Fsp3) is 0.312. The molecular formula is C16H17BrClN3. The van der Waals surface area contributed by atoms with E-state index in [0.29, 0.717) is 6.04 Å². The minimum Gasteiger partial charge on any atom is -0.381 e. The van der Waals surface area contributed by atoms with Crippen molar-refractivity contribution in [2.45, 2.75) is 18.9 Å². The molecule has 1 fully saturated rings. The number of halogens is 2. The summed E-state index contributed by atoms with van der Waals surface area (Å²) in [4.78, 5) is 6.76. The maximum absolute atomic E-state index is 6.06. The Morgan fingerprint density at radius 1 is 1.19 bits per heavy atom. The molecular weight excluding hydrogens is 350 g/mol. The van der Waals surface area contributed by atoms with Crippen LogP contribution in [-0.4, -0.2) is 24.1 Å². The zero-order valence-corrected chi connectivity index (χ0v) is 13.9. The highest BCUT2D eigenvalue weighted by Gasteiger charge is 2.20. The maximum atomic E-state index is 6.06. The molecule has 1 saturated heterocycles. The van der Waals surface area contributed by atoms with E-state index in [1.165, 1.54) is 0 Å². The van der Waals surface area contributed by atoms with E-state index >= 15 is 0 Å². The highest BCUT2D eigenvalue weighted by molar-refractivity contribution is 9.10. The van der Waals surface area contributed by atoms with Crippen molar-refractivity contribution in [3.63, 3.8) is 0 Å². The van der Waals surface area contributed by atoms with Crippen LogP contribution in [0.1, 0.15) is 12.8 Å². The summed E-state index contributed by atoms with van der Waals surface area (Å²) in [6.07, 6.45) is 4.04. The lowest BCUT2D eigenvalue weighted by Gasteiger charge is -2.33. The lowest BCUT2D eigenvalue weighted by molar-refractivity contribution is 0.523. The van der Waals surface area contributed by atoms with E-state index in [-0.39, 0.29) is 0 Å². The Morgan fingerprint density at radius 2 is 2.00 bits per heavy atom. The van der Waals surface area contributed by atoms with Gasteiger partial charge in [0.1, 0.15) is 5.82 Å². The summed E-state index contributed by atoms with van der Waals surface area (Å²) < 4.78 is 1.05. The molecule has 21 heavy (non-hydrogen) atoms. The zero-order chi connectivity index (χ0) is 14.7. The van der Waals surface area contributed by atoms with Gasteiger partial charge < -0.3 is 10.2 Å². The molecule has 0 unspecified atom stereocenters. The van der Waals surface area contributed by atoms with Gasteiger partial charge in [0.15, 0.2) is 0 Å². The van der Waals surface area contributed by atoms with Crippen LogP contribution in [0.25, 0.3) is 0 Å². The van der Waals surface area contributed by atoms with Crippen molar-refractivity contribution < 1.29 is 0 Å². The van der Waals surface area contributed by atoms with E-state index in [1.54, 1.807) is 0 Å². The Hall–Kier alpha value is -1.26. The zero-order valence-electron chi connectivity index (χ0n) is 11.6. The molecule has 3 nitrogen and oxygen atoms in total. The largest absolute Gasteiger partial charge is 0.381 e. The molecule has 1 aliphatic rings. The second kappa shape index (κ2) is 6.67. The number of aromatic nitrogens is 1. The van der Waals surface area contributed by atoms with Gasteiger partial charge in [-0.2, -0.15) is 0 Å². The van der Waals surface area contributed by atoms with Crippen LogP contribution >= 0.6 is 27.5 Å². The summed E-state index contributed by atoms with van der Waals surface area (Å²) in [6.45, 7) is 2.04. The molecule has 1 aliphatic heterocycles. The van der Waals surface area contributed by atoms with Gasteiger partial charge in [-0.15, -0.1) is 0 Å². The van der Waals surface area contributed by atoms with Crippen molar-refractivity contribution >= 4 is 39.0 Å². The quantitative estimate of drug-likeness (QED) is 0.862. The van der Waals surface area contributed by atoms with Crippen molar-refractivity contribution in [3.05, 3.63) is 52.1 Å². The molecule has 5 heteroatoms. The van der Waals surface area contributed by atoms with Gasteiger partial charge in [0, 0.05) is 34.8 Å². The third-order valence-corrected chi connectivity index (χ3v) is 4.68. The third-order valence-electron chi connectivity index (χ3n) is 3.76. The number of nitrogens with zero attached hydrogens (tertiary/aromatic N) is 2. The third kappa shape index (κ3) is 3.69. The van der Waals surface area contributed by atoms with Crippen LogP contribution in [0, 0.1) is 0 Å². The molecule has 0 amide bonds. The molecule has 2 heterocycles. The highest BCUT2D eigenvalue weighted by atomic mass is 79.9. The van der Waals surface area contributed by atoms with Crippen LogP contribution in [0.3, 0.4) is 0 Å². The topological polar surface area (TPSA) is 28.2 Å². The predicted octanol–water partition coefficient (Wildman–Crippen LogP) is 4.58. The van der Waals surface area contributed by atoms with E-state index in [1.807, 2.05) is 36.5 Å². The van der Waals surface area contributed by atoms with Crippen LogP contribution in [-0.2, 0) is 0 Å². The fourth-order valence-electron chi connectivity index (χ4n) is 2.62. The van der Waals surface area contributed by atoms with Crippen LogP contribution in [0.4, 0.5) is 11.5 Å². The number of benzene rings is 1. The maximum Gasteiger partial charge on any atom is 0.128 e. The first-order valence-electron chi connectivity index (χ1n) is 7.10. The van der Waals surface area contributed by atoms with Crippen LogP contribution < -0.4 is 10.2 Å². The minimum atomic E-state index is 0.472. The number of hydrogen-bond acceptors (Lipinski definition) is 3. The molecule has 3 rings (SSSR count). The average molecular weight is 367 g/mol. The van der Waals surface area contributed by atoms with Gasteiger partial charge in [0.2, 0.25) is 0 Å². The summed E-state index contributed by atoms with van der Waals surface area (Å²) >= 11 is 9.62.